The summed E-state index contributed by atoms with van der Waals surface area (Å²) in [6, 6.07) is 1.56. The van der Waals surface area contributed by atoms with E-state index in [2.05, 4.69) is 9.97 Å². The number of ether oxygens (including phenoxy) is 1. The van der Waals surface area contributed by atoms with Crippen molar-refractivity contribution in [1.82, 2.24) is 9.97 Å². The smallest absolute Gasteiger partial charge is 0.135 e. The summed E-state index contributed by atoms with van der Waals surface area (Å²) in [6.07, 6.45) is 1.89. The van der Waals surface area contributed by atoms with Crippen molar-refractivity contribution in [3.05, 3.63) is 17.0 Å². The molecule has 0 bridgehead atoms. The van der Waals surface area contributed by atoms with E-state index in [-0.39, 0.29) is 0 Å². The Hall–Kier alpha value is -0.870. The van der Waals surface area contributed by atoms with Crippen LogP contribution in [-0.4, -0.2) is 23.2 Å². The zero-order chi connectivity index (χ0) is 9.97. The number of hydrogen-bond donors (Lipinski definition) is 1. The van der Waals surface area contributed by atoms with Crippen molar-refractivity contribution in [2.24, 2.45) is 0 Å². The van der Waals surface area contributed by atoms with E-state index in [0.29, 0.717) is 16.9 Å². The first kappa shape index (κ1) is 9.68. The van der Waals surface area contributed by atoms with Gasteiger partial charge >= 0.3 is 0 Å². The van der Waals surface area contributed by atoms with Crippen molar-refractivity contribution in [3.63, 3.8) is 0 Å². The van der Waals surface area contributed by atoms with Crippen LogP contribution in [0.15, 0.2) is 6.07 Å². The molecule has 1 aliphatic rings. The molecule has 1 aromatic rings. The zero-order valence-corrected chi connectivity index (χ0v) is 8.50. The average molecular weight is 214 g/mol. The van der Waals surface area contributed by atoms with Gasteiger partial charge in [-0.25, -0.2) is 9.97 Å². The van der Waals surface area contributed by atoms with E-state index in [1.807, 2.05) is 0 Å². The molecule has 0 radical (unpaired) electrons. The van der Waals surface area contributed by atoms with Crippen LogP contribution in [0.2, 0.25) is 5.15 Å². The van der Waals surface area contributed by atoms with Crippen LogP contribution in [0.4, 0.5) is 5.82 Å². The molecule has 0 unspecified atom stereocenters. The number of rotatable bonds is 1. The van der Waals surface area contributed by atoms with Gasteiger partial charge in [0.15, 0.2) is 0 Å². The Morgan fingerprint density at radius 1 is 1.36 bits per heavy atom. The molecule has 0 aromatic carbocycles. The highest BCUT2D eigenvalue weighted by Gasteiger charge is 2.19. The Labute approximate surface area is 87.4 Å². The Morgan fingerprint density at radius 3 is 2.71 bits per heavy atom. The SMILES string of the molecule is Nc1cc(Cl)nc(C2CCOCC2)n1. The third-order valence-electron chi connectivity index (χ3n) is 2.32. The lowest BCUT2D eigenvalue weighted by molar-refractivity contribution is 0.0836. The molecule has 5 heteroatoms. The standard InChI is InChI=1S/C9H12ClN3O/c10-7-5-8(11)13-9(12-7)6-1-3-14-4-2-6/h5-6H,1-4H2,(H2,11,12,13). The van der Waals surface area contributed by atoms with Gasteiger partial charge in [0.25, 0.3) is 0 Å². The van der Waals surface area contributed by atoms with E-state index in [1.54, 1.807) is 6.07 Å². The summed E-state index contributed by atoms with van der Waals surface area (Å²) >= 11 is 5.81. The number of halogens is 1. The summed E-state index contributed by atoms with van der Waals surface area (Å²) in [6.45, 7) is 1.53. The van der Waals surface area contributed by atoms with Crippen LogP contribution in [0.5, 0.6) is 0 Å². The molecule has 1 saturated heterocycles. The maximum Gasteiger partial charge on any atom is 0.135 e. The Kier molecular flexibility index (Phi) is 2.84. The molecule has 76 valence electrons. The average Bonchev–Trinajstić information content (AvgIpc) is 2.18. The first-order valence-electron chi connectivity index (χ1n) is 4.63. The molecule has 0 spiro atoms. The molecule has 2 heterocycles. The molecular weight excluding hydrogens is 202 g/mol. The molecule has 0 saturated carbocycles. The summed E-state index contributed by atoms with van der Waals surface area (Å²) in [5, 5.41) is 0.416. The van der Waals surface area contributed by atoms with Crippen LogP contribution >= 0.6 is 11.6 Å². The first-order valence-corrected chi connectivity index (χ1v) is 5.01. The van der Waals surface area contributed by atoms with Gasteiger partial charge in [-0.15, -0.1) is 0 Å². The van der Waals surface area contributed by atoms with Gasteiger partial charge in [-0.3, -0.25) is 0 Å². The van der Waals surface area contributed by atoms with Gasteiger partial charge in [-0.05, 0) is 12.8 Å². The third-order valence-corrected chi connectivity index (χ3v) is 2.51. The van der Waals surface area contributed by atoms with Gasteiger partial charge in [0.2, 0.25) is 0 Å². The molecule has 1 aliphatic heterocycles. The van der Waals surface area contributed by atoms with Gasteiger partial charge in [0, 0.05) is 25.2 Å². The lowest BCUT2D eigenvalue weighted by atomic mass is 9.99. The fourth-order valence-corrected chi connectivity index (χ4v) is 1.79. The van der Waals surface area contributed by atoms with Crippen molar-refractivity contribution >= 4 is 17.4 Å². The molecule has 2 N–H and O–H groups in total. The van der Waals surface area contributed by atoms with Crippen LogP contribution in [0.25, 0.3) is 0 Å². The van der Waals surface area contributed by atoms with Gasteiger partial charge in [0.1, 0.15) is 16.8 Å². The van der Waals surface area contributed by atoms with Crippen molar-refractivity contribution in [2.45, 2.75) is 18.8 Å². The fourth-order valence-electron chi connectivity index (χ4n) is 1.59. The van der Waals surface area contributed by atoms with Crippen molar-refractivity contribution < 1.29 is 4.74 Å². The van der Waals surface area contributed by atoms with E-state index in [4.69, 9.17) is 22.1 Å². The van der Waals surface area contributed by atoms with E-state index in [1.165, 1.54) is 0 Å². The fraction of sp³-hybridized carbons (Fsp3) is 0.556. The minimum absolute atomic E-state index is 0.338. The molecule has 14 heavy (non-hydrogen) atoms. The van der Waals surface area contributed by atoms with Gasteiger partial charge < -0.3 is 10.5 Å². The predicted octanol–water partition coefficient (Wildman–Crippen LogP) is 1.61. The van der Waals surface area contributed by atoms with Crippen molar-refractivity contribution in [3.8, 4) is 0 Å². The number of nitrogen functional groups attached to an aromatic ring is 1. The van der Waals surface area contributed by atoms with Gasteiger partial charge in [-0.2, -0.15) is 0 Å². The minimum atomic E-state index is 0.338. The van der Waals surface area contributed by atoms with Gasteiger partial charge in [-0.1, -0.05) is 11.6 Å². The van der Waals surface area contributed by atoms with E-state index in [9.17, 15) is 0 Å². The Balaban J connectivity index is 2.21. The molecular formula is C9H12ClN3O. The second-order valence-corrected chi connectivity index (χ2v) is 3.75. The van der Waals surface area contributed by atoms with E-state index >= 15 is 0 Å². The number of nitrogens with two attached hydrogens (primary N) is 1. The third kappa shape index (κ3) is 2.13. The van der Waals surface area contributed by atoms with Crippen LogP contribution < -0.4 is 5.73 Å². The second-order valence-electron chi connectivity index (χ2n) is 3.36. The second kappa shape index (κ2) is 4.11. The summed E-state index contributed by atoms with van der Waals surface area (Å²) in [4.78, 5) is 8.36. The minimum Gasteiger partial charge on any atom is -0.384 e. The maximum absolute atomic E-state index is 5.81. The van der Waals surface area contributed by atoms with Crippen LogP contribution in [-0.2, 0) is 4.74 Å². The highest BCUT2D eigenvalue weighted by atomic mass is 35.5. The summed E-state index contributed by atoms with van der Waals surface area (Å²) in [5.41, 5.74) is 5.60. The summed E-state index contributed by atoms with van der Waals surface area (Å²) in [5.74, 6) is 1.52. The van der Waals surface area contributed by atoms with Crippen LogP contribution in [0.1, 0.15) is 24.6 Å². The molecule has 1 aromatic heterocycles. The van der Waals surface area contributed by atoms with E-state index in [0.717, 1.165) is 31.9 Å². The summed E-state index contributed by atoms with van der Waals surface area (Å²) < 4.78 is 5.26. The van der Waals surface area contributed by atoms with Crippen LogP contribution in [0, 0.1) is 0 Å². The Morgan fingerprint density at radius 2 is 2.07 bits per heavy atom. The maximum atomic E-state index is 5.81. The Bertz CT molecular complexity index is 306. The van der Waals surface area contributed by atoms with Crippen molar-refractivity contribution in [2.75, 3.05) is 18.9 Å². The lowest BCUT2D eigenvalue weighted by Gasteiger charge is -2.20. The highest BCUT2D eigenvalue weighted by Crippen LogP contribution is 2.25. The molecule has 1 fully saturated rings. The zero-order valence-electron chi connectivity index (χ0n) is 7.74. The van der Waals surface area contributed by atoms with Gasteiger partial charge in [0.05, 0.1) is 0 Å². The van der Waals surface area contributed by atoms with Crippen LogP contribution in [0.3, 0.4) is 0 Å². The molecule has 0 aliphatic carbocycles. The topological polar surface area (TPSA) is 61.0 Å². The highest BCUT2D eigenvalue weighted by molar-refractivity contribution is 6.29. The normalized spacial score (nSPS) is 18.4. The molecule has 2 rings (SSSR count). The monoisotopic (exact) mass is 213 g/mol. The van der Waals surface area contributed by atoms with E-state index < -0.39 is 0 Å². The predicted molar refractivity (Wildman–Crippen MR) is 54.2 cm³/mol. The first-order chi connectivity index (χ1) is 6.75. The number of hydrogen-bond acceptors (Lipinski definition) is 4. The number of anilines is 1. The molecule has 0 atom stereocenters. The van der Waals surface area contributed by atoms with Crippen molar-refractivity contribution in [1.29, 1.82) is 0 Å². The summed E-state index contributed by atoms with van der Waals surface area (Å²) in [7, 11) is 0. The molecule has 4 nitrogen and oxygen atoms in total. The lowest BCUT2D eigenvalue weighted by Crippen LogP contribution is -2.16. The number of aromatic nitrogens is 2. The quantitative estimate of drug-likeness (QED) is 0.720. The number of nitrogens with zero attached hydrogens (tertiary/aromatic N) is 2. The molecule has 0 amide bonds. The largest absolute Gasteiger partial charge is 0.384 e.